The minimum atomic E-state index is -4.43. The fourth-order valence-electron chi connectivity index (χ4n) is 4.63. The maximum Gasteiger partial charge on any atom is 0.416 e. The Balaban J connectivity index is 1.66. The molecule has 5 nitrogen and oxygen atoms in total. The number of alkyl halides is 3. The number of carbonyl (C=O) groups excluding carboxylic acids is 1. The van der Waals surface area contributed by atoms with Crippen LogP contribution in [0.25, 0.3) is 0 Å². The Hall–Kier alpha value is -2.45. The third kappa shape index (κ3) is 4.52. The average molecular weight is 468 g/mol. The Labute approximate surface area is 190 Å². The first kappa shape index (κ1) is 22.7. The first-order valence-corrected chi connectivity index (χ1v) is 10.9. The van der Waals surface area contributed by atoms with Crippen LogP contribution < -0.4 is 15.1 Å². The third-order valence-electron chi connectivity index (χ3n) is 6.17. The van der Waals surface area contributed by atoms with Gasteiger partial charge < -0.3 is 19.9 Å². The lowest BCUT2D eigenvalue weighted by Gasteiger charge is -2.49. The van der Waals surface area contributed by atoms with Crippen LogP contribution in [0.15, 0.2) is 42.5 Å². The maximum absolute atomic E-state index is 13.3. The summed E-state index contributed by atoms with van der Waals surface area (Å²) in [5.41, 5.74) is 1.52. The third-order valence-corrected chi connectivity index (χ3v) is 6.49. The van der Waals surface area contributed by atoms with Crippen LogP contribution in [0.5, 0.6) is 0 Å². The normalized spacial score (nSPS) is 20.5. The molecule has 1 N–H and O–H groups in total. The molecule has 2 aliphatic heterocycles. The standard InChI is InChI=1S/C23H25ClF3N3O2/c1-32-11-8-28-22(31)17-13-15-12-16(23(25,26)27)6-7-19(15)30-10-9-29(14-21(17)30)20-5-3-2-4-18(20)24/h2-7,12,17,21H,8-11,13-14H2,1H3,(H,28,31)/t17-,21-/m1/s1. The summed E-state index contributed by atoms with van der Waals surface area (Å²) in [4.78, 5) is 17.3. The molecule has 0 unspecified atom stereocenters. The summed E-state index contributed by atoms with van der Waals surface area (Å²) >= 11 is 6.40. The topological polar surface area (TPSA) is 44.8 Å². The molecule has 172 valence electrons. The van der Waals surface area contributed by atoms with Crippen LogP contribution in [0, 0.1) is 5.92 Å². The van der Waals surface area contributed by atoms with Crippen molar-refractivity contribution in [1.82, 2.24) is 5.32 Å². The zero-order valence-electron chi connectivity index (χ0n) is 17.7. The molecule has 0 spiro atoms. The summed E-state index contributed by atoms with van der Waals surface area (Å²) in [6, 6.07) is 11.2. The van der Waals surface area contributed by atoms with Gasteiger partial charge in [-0.25, -0.2) is 0 Å². The molecular weight excluding hydrogens is 443 g/mol. The highest BCUT2D eigenvalue weighted by atomic mass is 35.5. The molecule has 4 rings (SSSR count). The van der Waals surface area contributed by atoms with Crippen molar-refractivity contribution in [3.63, 3.8) is 0 Å². The number of para-hydroxylation sites is 1. The second-order valence-corrected chi connectivity index (χ2v) is 8.50. The quantitative estimate of drug-likeness (QED) is 0.675. The summed E-state index contributed by atoms with van der Waals surface area (Å²) in [5.74, 6) is -0.672. The van der Waals surface area contributed by atoms with Crippen molar-refractivity contribution in [1.29, 1.82) is 0 Å². The molecule has 1 fully saturated rings. The van der Waals surface area contributed by atoms with Gasteiger partial charge in [0.15, 0.2) is 0 Å². The van der Waals surface area contributed by atoms with Crippen LogP contribution in [0.3, 0.4) is 0 Å². The number of nitrogens with zero attached hydrogens (tertiary/aromatic N) is 2. The molecule has 0 aliphatic carbocycles. The molecule has 0 aromatic heterocycles. The van der Waals surface area contributed by atoms with Gasteiger partial charge >= 0.3 is 6.18 Å². The van der Waals surface area contributed by atoms with E-state index < -0.39 is 17.7 Å². The number of methoxy groups -OCH3 is 1. The Morgan fingerprint density at radius 2 is 1.97 bits per heavy atom. The van der Waals surface area contributed by atoms with Crippen molar-refractivity contribution >= 4 is 28.9 Å². The number of nitrogens with one attached hydrogen (secondary N) is 1. The van der Waals surface area contributed by atoms with Gasteiger partial charge in [0.2, 0.25) is 5.91 Å². The Morgan fingerprint density at radius 1 is 1.19 bits per heavy atom. The van der Waals surface area contributed by atoms with Gasteiger partial charge in [-0.05, 0) is 42.3 Å². The van der Waals surface area contributed by atoms with E-state index in [9.17, 15) is 18.0 Å². The number of hydrogen-bond donors (Lipinski definition) is 1. The molecule has 9 heteroatoms. The van der Waals surface area contributed by atoms with Gasteiger partial charge in [0.05, 0.1) is 34.8 Å². The molecule has 2 aromatic rings. The lowest BCUT2D eigenvalue weighted by molar-refractivity contribution is -0.137. The number of ether oxygens (including phenoxy) is 1. The predicted molar refractivity (Wildman–Crippen MR) is 118 cm³/mol. The van der Waals surface area contributed by atoms with Gasteiger partial charge in [-0.1, -0.05) is 23.7 Å². The van der Waals surface area contributed by atoms with Gasteiger partial charge in [-0.2, -0.15) is 13.2 Å². The number of carbonyl (C=O) groups is 1. The molecule has 32 heavy (non-hydrogen) atoms. The second-order valence-electron chi connectivity index (χ2n) is 8.09. The highest BCUT2D eigenvalue weighted by molar-refractivity contribution is 6.33. The summed E-state index contributed by atoms with van der Waals surface area (Å²) in [6.07, 6.45) is -4.18. The number of hydrogen-bond acceptors (Lipinski definition) is 4. The van der Waals surface area contributed by atoms with Crippen molar-refractivity contribution in [3.8, 4) is 0 Å². The van der Waals surface area contributed by atoms with E-state index in [2.05, 4.69) is 15.1 Å². The number of benzene rings is 2. The van der Waals surface area contributed by atoms with Gasteiger partial charge in [0, 0.05) is 39.0 Å². The fourth-order valence-corrected chi connectivity index (χ4v) is 4.89. The molecule has 0 radical (unpaired) electrons. The Bertz CT molecular complexity index is 985. The largest absolute Gasteiger partial charge is 0.416 e. The molecule has 0 saturated carbocycles. The zero-order valence-corrected chi connectivity index (χ0v) is 18.4. The monoisotopic (exact) mass is 467 g/mol. The number of halogens is 4. The SMILES string of the molecule is COCCNC(=O)[C@@H]1Cc2cc(C(F)(F)F)ccc2N2CCN(c3ccccc3Cl)C[C@H]12. The van der Waals surface area contributed by atoms with Crippen LogP contribution in [0.1, 0.15) is 11.1 Å². The van der Waals surface area contributed by atoms with Crippen molar-refractivity contribution < 1.29 is 22.7 Å². The minimum absolute atomic E-state index is 0.180. The fraction of sp³-hybridized carbons (Fsp3) is 0.435. The van der Waals surface area contributed by atoms with Gasteiger partial charge in [-0.15, -0.1) is 0 Å². The highest BCUT2D eigenvalue weighted by Crippen LogP contribution is 2.40. The summed E-state index contributed by atoms with van der Waals surface area (Å²) < 4.78 is 44.9. The van der Waals surface area contributed by atoms with Crippen LogP contribution in [-0.2, 0) is 22.1 Å². The second kappa shape index (κ2) is 9.19. The van der Waals surface area contributed by atoms with E-state index >= 15 is 0 Å². The van der Waals surface area contributed by atoms with E-state index in [1.54, 1.807) is 7.11 Å². The number of rotatable bonds is 5. The van der Waals surface area contributed by atoms with Gasteiger partial charge in [0.1, 0.15) is 0 Å². The van der Waals surface area contributed by atoms with Crippen LogP contribution in [-0.4, -0.2) is 51.8 Å². The number of piperazine rings is 1. The number of fused-ring (bicyclic) bond motifs is 3. The summed E-state index contributed by atoms with van der Waals surface area (Å²) in [7, 11) is 1.55. The molecule has 0 bridgehead atoms. The van der Waals surface area contributed by atoms with Gasteiger partial charge in [0.25, 0.3) is 0 Å². The lowest BCUT2D eigenvalue weighted by Crippen LogP contribution is -2.61. The van der Waals surface area contributed by atoms with Crippen molar-refractivity contribution in [2.45, 2.75) is 18.6 Å². The van der Waals surface area contributed by atoms with Crippen molar-refractivity contribution in [3.05, 3.63) is 58.6 Å². The lowest BCUT2D eigenvalue weighted by atomic mass is 9.82. The average Bonchev–Trinajstić information content (AvgIpc) is 2.77. The minimum Gasteiger partial charge on any atom is -0.383 e. The molecule has 1 saturated heterocycles. The van der Waals surface area contributed by atoms with E-state index in [-0.39, 0.29) is 18.4 Å². The Kier molecular flexibility index (Phi) is 6.53. The molecule has 2 aliphatic rings. The summed E-state index contributed by atoms with van der Waals surface area (Å²) in [6.45, 7) is 2.50. The molecule has 1 amide bonds. The number of anilines is 2. The highest BCUT2D eigenvalue weighted by Gasteiger charge is 2.43. The van der Waals surface area contributed by atoms with Crippen LogP contribution >= 0.6 is 11.6 Å². The van der Waals surface area contributed by atoms with Gasteiger partial charge in [-0.3, -0.25) is 4.79 Å². The van der Waals surface area contributed by atoms with E-state index in [1.165, 1.54) is 12.1 Å². The van der Waals surface area contributed by atoms with Crippen molar-refractivity contribution in [2.75, 3.05) is 49.7 Å². The smallest absolute Gasteiger partial charge is 0.383 e. The first-order valence-electron chi connectivity index (χ1n) is 10.5. The summed E-state index contributed by atoms with van der Waals surface area (Å²) in [5, 5.41) is 3.50. The van der Waals surface area contributed by atoms with E-state index in [1.807, 2.05) is 24.3 Å². The van der Waals surface area contributed by atoms with Crippen molar-refractivity contribution in [2.24, 2.45) is 5.92 Å². The van der Waals surface area contributed by atoms with Crippen LogP contribution in [0.2, 0.25) is 5.02 Å². The van der Waals surface area contributed by atoms with E-state index in [4.69, 9.17) is 16.3 Å². The molecule has 2 heterocycles. The Morgan fingerprint density at radius 3 is 2.69 bits per heavy atom. The molecule has 2 atom stereocenters. The molecular formula is C23H25ClF3N3O2. The van der Waals surface area contributed by atoms with E-state index in [0.717, 1.165) is 17.4 Å². The molecule has 2 aromatic carbocycles. The van der Waals surface area contributed by atoms with Crippen LogP contribution in [0.4, 0.5) is 24.5 Å². The zero-order chi connectivity index (χ0) is 22.9. The van der Waals surface area contributed by atoms with E-state index in [0.29, 0.717) is 43.4 Å². The number of amides is 1. The maximum atomic E-state index is 13.3. The first-order chi connectivity index (χ1) is 15.3. The predicted octanol–water partition coefficient (Wildman–Crippen LogP) is 3.99.